The number of Topliss-reactive ketones (excluding diaryl/α,β-unsaturated/α-hetero) is 1. The van der Waals surface area contributed by atoms with E-state index in [4.69, 9.17) is 0 Å². The molecule has 0 atom stereocenters. The standard InChI is InChI=1S/C23H20O/c1-17-13-15-21(16-14-17)23(20-11-7-4-8-12-20)22(18(2)24)19-9-5-3-6-10-19/h3-16H,1-2H3/b23-22-. The molecule has 3 rings (SSSR count). The molecule has 0 unspecified atom stereocenters. The largest absolute Gasteiger partial charge is 0.294 e. The van der Waals surface area contributed by atoms with Gasteiger partial charge in [-0.3, -0.25) is 4.79 Å². The molecule has 0 amide bonds. The van der Waals surface area contributed by atoms with Gasteiger partial charge < -0.3 is 0 Å². The average molecular weight is 312 g/mol. The van der Waals surface area contributed by atoms with Crippen LogP contribution in [0, 0.1) is 6.92 Å². The number of benzene rings is 3. The van der Waals surface area contributed by atoms with Gasteiger partial charge in [-0.05, 0) is 30.5 Å². The van der Waals surface area contributed by atoms with Crippen LogP contribution in [0.15, 0.2) is 84.9 Å². The van der Waals surface area contributed by atoms with E-state index in [0.717, 1.165) is 27.8 Å². The van der Waals surface area contributed by atoms with E-state index in [2.05, 4.69) is 43.3 Å². The summed E-state index contributed by atoms with van der Waals surface area (Å²) in [6.07, 6.45) is 0. The summed E-state index contributed by atoms with van der Waals surface area (Å²) in [4.78, 5) is 12.5. The molecular weight excluding hydrogens is 292 g/mol. The van der Waals surface area contributed by atoms with Gasteiger partial charge >= 0.3 is 0 Å². The topological polar surface area (TPSA) is 17.1 Å². The Bertz CT molecular complexity index is 857. The van der Waals surface area contributed by atoms with E-state index in [-0.39, 0.29) is 5.78 Å². The van der Waals surface area contributed by atoms with Gasteiger partial charge in [0.25, 0.3) is 0 Å². The first-order valence-corrected chi connectivity index (χ1v) is 8.10. The molecule has 1 heteroatoms. The van der Waals surface area contributed by atoms with Crippen LogP contribution in [0.5, 0.6) is 0 Å². The first-order valence-electron chi connectivity index (χ1n) is 8.10. The summed E-state index contributed by atoms with van der Waals surface area (Å²) in [6, 6.07) is 28.4. The number of carbonyl (C=O) groups excluding carboxylic acids is 1. The monoisotopic (exact) mass is 312 g/mol. The van der Waals surface area contributed by atoms with Crippen LogP contribution in [0.3, 0.4) is 0 Å². The lowest BCUT2D eigenvalue weighted by molar-refractivity contribution is -0.111. The Kier molecular flexibility index (Phi) is 4.72. The minimum absolute atomic E-state index is 0.0700. The number of hydrogen-bond acceptors (Lipinski definition) is 1. The minimum Gasteiger partial charge on any atom is -0.294 e. The lowest BCUT2D eigenvalue weighted by Gasteiger charge is -2.15. The van der Waals surface area contributed by atoms with E-state index < -0.39 is 0 Å². The van der Waals surface area contributed by atoms with E-state index in [1.54, 1.807) is 6.92 Å². The van der Waals surface area contributed by atoms with Crippen molar-refractivity contribution in [1.82, 2.24) is 0 Å². The van der Waals surface area contributed by atoms with Gasteiger partial charge in [-0.2, -0.15) is 0 Å². The van der Waals surface area contributed by atoms with E-state index in [1.165, 1.54) is 5.56 Å². The lowest BCUT2D eigenvalue weighted by atomic mass is 9.87. The number of aryl methyl sites for hydroxylation is 1. The summed E-state index contributed by atoms with van der Waals surface area (Å²) in [5.41, 5.74) is 6.00. The van der Waals surface area contributed by atoms with Crippen LogP contribution < -0.4 is 0 Å². The van der Waals surface area contributed by atoms with E-state index in [0.29, 0.717) is 0 Å². The summed E-state index contributed by atoms with van der Waals surface area (Å²) in [7, 11) is 0. The summed E-state index contributed by atoms with van der Waals surface area (Å²) in [6.45, 7) is 3.71. The molecule has 0 saturated heterocycles. The predicted octanol–water partition coefficient (Wildman–Crippen LogP) is 5.54. The quantitative estimate of drug-likeness (QED) is 0.456. The molecule has 0 fully saturated rings. The highest BCUT2D eigenvalue weighted by Crippen LogP contribution is 2.33. The third-order valence-corrected chi connectivity index (χ3v) is 4.07. The third kappa shape index (κ3) is 3.36. The van der Waals surface area contributed by atoms with Crippen molar-refractivity contribution in [1.29, 1.82) is 0 Å². The minimum atomic E-state index is 0.0700. The fourth-order valence-corrected chi connectivity index (χ4v) is 2.91. The van der Waals surface area contributed by atoms with Gasteiger partial charge in [0, 0.05) is 11.1 Å². The second-order valence-corrected chi connectivity index (χ2v) is 5.90. The van der Waals surface area contributed by atoms with Crippen molar-refractivity contribution in [3.05, 3.63) is 107 Å². The molecule has 1 nitrogen and oxygen atoms in total. The fraction of sp³-hybridized carbons (Fsp3) is 0.0870. The average Bonchev–Trinajstić information content (AvgIpc) is 2.62. The van der Waals surface area contributed by atoms with Crippen LogP contribution in [0.4, 0.5) is 0 Å². The van der Waals surface area contributed by atoms with Crippen molar-refractivity contribution >= 4 is 16.9 Å². The fourth-order valence-electron chi connectivity index (χ4n) is 2.91. The van der Waals surface area contributed by atoms with Crippen molar-refractivity contribution in [2.24, 2.45) is 0 Å². The number of ketones is 1. The summed E-state index contributed by atoms with van der Waals surface area (Å²) < 4.78 is 0. The maximum Gasteiger partial charge on any atom is 0.161 e. The van der Waals surface area contributed by atoms with E-state index >= 15 is 0 Å². The highest BCUT2D eigenvalue weighted by Gasteiger charge is 2.17. The van der Waals surface area contributed by atoms with Crippen LogP contribution in [0.25, 0.3) is 11.1 Å². The Morgan fingerprint density at radius 2 is 1.08 bits per heavy atom. The zero-order chi connectivity index (χ0) is 16.9. The zero-order valence-electron chi connectivity index (χ0n) is 14.0. The molecule has 0 saturated carbocycles. The molecule has 0 N–H and O–H groups in total. The van der Waals surface area contributed by atoms with Crippen LogP contribution in [0.1, 0.15) is 29.2 Å². The second-order valence-electron chi connectivity index (χ2n) is 5.90. The first-order chi connectivity index (χ1) is 11.7. The van der Waals surface area contributed by atoms with Crippen molar-refractivity contribution < 1.29 is 4.79 Å². The van der Waals surface area contributed by atoms with Crippen molar-refractivity contribution in [3.63, 3.8) is 0 Å². The molecule has 3 aromatic carbocycles. The van der Waals surface area contributed by atoms with Gasteiger partial charge in [-0.15, -0.1) is 0 Å². The molecule has 0 aliphatic rings. The van der Waals surface area contributed by atoms with Crippen molar-refractivity contribution in [2.45, 2.75) is 13.8 Å². The van der Waals surface area contributed by atoms with Gasteiger partial charge in [-0.25, -0.2) is 0 Å². The van der Waals surface area contributed by atoms with Gasteiger partial charge in [0.1, 0.15) is 0 Å². The molecule has 0 heterocycles. The Balaban J connectivity index is 2.33. The van der Waals surface area contributed by atoms with Gasteiger partial charge in [0.2, 0.25) is 0 Å². The molecule has 0 spiro atoms. The highest BCUT2D eigenvalue weighted by atomic mass is 16.1. The Morgan fingerprint density at radius 1 is 0.625 bits per heavy atom. The summed E-state index contributed by atoms with van der Waals surface area (Å²) in [5.74, 6) is 0.0700. The number of hydrogen-bond donors (Lipinski definition) is 0. The molecule has 0 aromatic heterocycles. The van der Waals surface area contributed by atoms with Crippen LogP contribution in [-0.2, 0) is 4.79 Å². The van der Waals surface area contributed by atoms with E-state index in [9.17, 15) is 4.79 Å². The SMILES string of the molecule is CC(=O)/C(=C(\c1ccccc1)c1ccc(C)cc1)c1ccccc1. The maximum atomic E-state index is 12.5. The smallest absolute Gasteiger partial charge is 0.161 e. The van der Waals surface area contributed by atoms with Gasteiger partial charge in [0.15, 0.2) is 5.78 Å². The van der Waals surface area contributed by atoms with Crippen LogP contribution in [-0.4, -0.2) is 5.78 Å². The maximum absolute atomic E-state index is 12.5. The summed E-state index contributed by atoms with van der Waals surface area (Å²) in [5, 5.41) is 0. The second kappa shape index (κ2) is 7.10. The molecule has 0 radical (unpaired) electrons. The normalized spacial score (nSPS) is 11.8. The Morgan fingerprint density at radius 3 is 1.58 bits per heavy atom. The zero-order valence-corrected chi connectivity index (χ0v) is 14.0. The molecule has 3 aromatic rings. The van der Waals surface area contributed by atoms with Gasteiger partial charge in [-0.1, -0.05) is 90.5 Å². The Labute approximate surface area is 143 Å². The molecule has 24 heavy (non-hydrogen) atoms. The third-order valence-electron chi connectivity index (χ3n) is 4.07. The molecule has 0 aliphatic heterocycles. The van der Waals surface area contributed by atoms with Crippen molar-refractivity contribution in [3.8, 4) is 0 Å². The summed E-state index contributed by atoms with van der Waals surface area (Å²) >= 11 is 0. The van der Waals surface area contributed by atoms with Gasteiger partial charge in [0.05, 0.1) is 0 Å². The first kappa shape index (κ1) is 15.9. The highest BCUT2D eigenvalue weighted by molar-refractivity contribution is 6.29. The molecule has 118 valence electrons. The number of rotatable bonds is 4. The van der Waals surface area contributed by atoms with Crippen LogP contribution in [0.2, 0.25) is 0 Å². The van der Waals surface area contributed by atoms with E-state index in [1.807, 2.05) is 48.5 Å². The number of allylic oxidation sites excluding steroid dienone is 1. The number of carbonyl (C=O) groups is 1. The molecule has 0 bridgehead atoms. The predicted molar refractivity (Wildman–Crippen MR) is 101 cm³/mol. The molecule has 0 aliphatic carbocycles. The Hall–Kier alpha value is -2.93. The van der Waals surface area contributed by atoms with Crippen molar-refractivity contribution in [2.75, 3.05) is 0 Å². The van der Waals surface area contributed by atoms with Crippen LogP contribution >= 0.6 is 0 Å². The molecular formula is C23H20O. The lowest BCUT2D eigenvalue weighted by Crippen LogP contribution is -2.02.